The highest BCUT2D eigenvalue weighted by Gasteiger charge is 2.30. The molecular weight excluding hydrogens is 378 g/mol. The number of nitro groups is 1. The summed E-state index contributed by atoms with van der Waals surface area (Å²) in [4.78, 5) is 21.8. The van der Waals surface area contributed by atoms with E-state index in [1.165, 1.54) is 11.8 Å². The summed E-state index contributed by atoms with van der Waals surface area (Å²) in [6, 6.07) is 5.60. The maximum absolute atomic E-state index is 11.0. The summed E-state index contributed by atoms with van der Waals surface area (Å²) in [5.41, 5.74) is 3.93. The van der Waals surface area contributed by atoms with Crippen LogP contribution in [0, 0.1) is 17.0 Å². The molecule has 3 aromatic rings. The zero-order chi connectivity index (χ0) is 20.0. The molecule has 146 valence electrons. The van der Waals surface area contributed by atoms with E-state index in [1.807, 2.05) is 17.9 Å². The molecule has 0 radical (unpaired) electrons. The standard InChI is InChI=1S/C20H22ClN5O2/c1-4-13(5-2)15-6-7-16(21)17-18(15)24-8-9-25(20(24)23-17)19-12(3)10-14(11-22-19)26(27)28/h6-7,10-11,13H,4-5,8-9H2,1-3H3. The Morgan fingerprint density at radius 3 is 2.68 bits per heavy atom. The number of rotatable bonds is 5. The summed E-state index contributed by atoms with van der Waals surface area (Å²) in [5.74, 6) is 1.94. The van der Waals surface area contributed by atoms with Crippen LogP contribution in [0.4, 0.5) is 17.5 Å². The van der Waals surface area contributed by atoms with E-state index in [0.717, 1.165) is 48.5 Å². The monoisotopic (exact) mass is 399 g/mol. The maximum Gasteiger partial charge on any atom is 0.287 e. The van der Waals surface area contributed by atoms with Crippen LogP contribution in [-0.4, -0.2) is 26.0 Å². The molecule has 0 N–H and O–H groups in total. The van der Waals surface area contributed by atoms with Crippen LogP contribution in [0.1, 0.15) is 43.7 Å². The van der Waals surface area contributed by atoms with Crippen molar-refractivity contribution >= 4 is 40.1 Å². The van der Waals surface area contributed by atoms with E-state index < -0.39 is 4.92 Å². The van der Waals surface area contributed by atoms with Crippen LogP contribution < -0.4 is 4.90 Å². The maximum atomic E-state index is 11.0. The average molecular weight is 400 g/mol. The van der Waals surface area contributed by atoms with Gasteiger partial charge in [0.2, 0.25) is 5.95 Å². The molecule has 1 aliphatic heterocycles. The fraction of sp³-hybridized carbons (Fsp3) is 0.400. The van der Waals surface area contributed by atoms with Gasteiger partial charge in [-0.25, -0.2) is 9.97 Å². The number of hydrogen-bond donors (Lipinski definition) is 0. The Labute approximate surface area is 168 Å². The van der Waals surface area contributed by atoms with Crippen molar-refractivity contribution in [2.45, 2.75) is 46.1 Å². The van der Waals surface area contributed by atoms with Crippen LogP contribution >= 0.6 is 11.6 Å². The van der Waals surface area contributed by atoms with Gasteiger partial charge in [-0.1, -0.05) is 31.5 Å². The van der Waals surface area contributed by atoms with Crippen molar-refractivity contribution in [3.8, 4) is 0 Å². The highest BCUT2D eigenvalue weighted by atomic mass is 35.5. The second kappa shape index (κ2) is 7.05. The van der Waals surface area contributed by atoms with Crippen LogP contribution in [0.15, 0.2) is 24.4 Å². The van der Waals surface area contributed by atoms with Crippen molar-refractivity contribution in [3.63, 3.8) is 0 Å². The van der Waals surface area contributed by atoms with Gasteiger partial charge in [0.25, 0.3) is 5.69 Å². The number of pyridine rings is 1. The zero-order valence-corrected chi connectivity index (χ0v) is 16.9. The van der Waals surface area contributed by atoms with Crippen LogP contribution in [0.3, 0.4) is 0 Å². The number of halogens is 1. The predicted octanol–water partition coefficient (Wildman–Crippen LogP) is 5.36. The normalized spacial score (nSPS) is 13.5. The number of imidazole rings is 1. The Morgan fingerprint density at radius 1 is 1.29 bits per heavy atom. The number of fused-ring (bicyclic) bond motifs is 3. The minimum atomic E-state index is -0.426. The van der Waals surface area contributed by atoms with E-state index >= 15 is 0 Å². The van der Waals surface area contributed by atoms with Gasteiger partial charge in [-0.3, -0.25) is 15.0 Å². The van der Waals surface area contributed by atoms with Crippen LogP contribution in [0.5, 0.6) is 0 Å². The lowest BCUT2D eigenvalue weighted by molar-refractivity contribution is -0.385. The molecule has 0 amide bonds. The van der Waals surface area contributed by atoms with Gasteiger partial charge < -0.3 is 4.57 Å². The van der Waals surface area contributed by atoms with Crippen LogP contribution in [-0.2, 0) is 6.54 Å². The second-order valence-corrected chi connectivity index (χ2v) is 7.56. The molecule has 0 fully saturated rings. The lowest BCUT2D eigenvalue weighted by Crippen LogP contribution is -2.17. The summed E-state index contributed by atoms with van der Waals surface area (Å²) in [7, 11) is 0. The molecule has 0 bridgehead atoms. The first-order valence-electron chi connectivity index (χ1n) is 9.53. The van der Waals surface area contributed by atoms with Crippen LogP contribution in [0.25, 0.3) is 11.0 Å². The number of benzene rings is 1. The molecule has 3 heterocycles. The molecule has 1 aliphatic rings. The zero-order valence-electron chi connectivity index (χ0n) is 16.1. The first kappa shape index (κ1) is 18.7. The molecule has 8 heteroatoms. The fourth-order valence-electron chi connectivity index (χ4n) is 4.13. The molecule has 0 saturated heterocycles. The molecule has 7 nitrogen and oxygen atoms in total. The average Bonchev–Trinajstić information content (AvgIpc) is 3.24. The van der Waals surface area contributed by atoms with Gasteiger partial charge >= 0.3 is 0 Å². The molecule has 0 saturated carbocycles. The first-order chi connectivity index (χ1) is 13.5. The van der Waals surface area contributed by atoms with E-state index in [1.54, 1.807) is 6.07 Å². The third-order valence-electron chi connectivity index (χ3n) is 5.57. The largest absolute Gasteiger partial charge is 0.308 e. The van der Waals surface area contributed by atoms with Crippen LogP contribution in [0.2, 0.25) is 5.02 Å². The molecule has 0 atom stereocenters. The Hall–Kier alpha value is -2.67. The molecule has 28 heavy (non-hydrogen) atoms. The number of aromatic nitrogens is 3. The van der Waals surface area contributed by atoms with Crippen molar-refractivity contribution in [2.75, 3.05) is 11.4 Å². The topological polar surface area (TPSA) is 77.1 Å². The van der Waals surface area contributed by atoms with Gasteiger partial charge in [0.15, 0.2) is 0 Å². The highest BCUT2D eigenvalue weighted by molar-refractivity contribution is 6.35. The van der Waals surface area contributed by atoms with Crippen molar-refractivity contribution in [1.29, 1.82) is 0 Å². The number of nitrogens with zero attached hydrogens (tertiary/aromatic N) is 5. The third-order valence-corrected chi connectivity index (χ3v) is 5.88. The summed E-state index contributed by atoms with van der Waals surface area (Å²) in [6.45, 7) is 7.73. The van der Waals surface area contributed by atoms with E-state index in [0.29, 0.717) is 16.8 Å². The number of hydrogen-bond acceptors (Lipinski definition) is 5. The summed E-state index contributed by atoms with van der Waals surface area (Å²) in [6.07, 6.45) is 3.41. The third kappa shape index (κ3) is 2.81. The smallest absolute Gasteiger partial charge is 0.287 e. The van der Waals surface area contributed by atoms with Gasteiger partial charge in [0.05, 0.1) is 15.5 Å². The summed E-state index contributed by atoms with van der Waals surface area (Å²) < 4.78 is 2.21. The molecular formula is C20H22ClN5O2. The van der Waals surface area contributed by atoms with Gasteiger partial charge in [-0.05, 0) is 42.9 Å². The number of aryl methyl sites for hydroxylation is 1. The van der Waals surface area contributed by atoms with E-state index in [-0.39, 0.29) is 5.69 Å². The van der Waals surface area contributed by atoms with Gasteiger partial charge in [-0.2, -0.15) is 0 Å². The molecule has 0 aliphatic carbocycles. The predicted molar refractivity (Wildman–Crippen MR) is 111 cm³/mol. The lowest BCUT2D eigenvalue weighted by Gasteiger charge is -2.16. The molecule has 2 aromatic heterocycles. The Kier molecular flexibility index (Phi) is 4.71. The second-order valence-electron chi connectivity index (χ2n) is 7.15. The van der Waals surface area contributed by atoms with Crippen molar-refractivity contribution < 1.29 is 4.92 Å². The lowest BCUT2D eigenvalue weighted by atomic mass is 9.93. The first-order valence-corrected chi connectivity index (χ1v) is 9.91. The van der Waals surface area contributed by atoms with E-state index in [2.05, 4.69) is 29.5 Å². The molecule has 0 spiro atoms. The number of anilines is 2. The van der Waals surface area contributed by atoms with E-state index in [4.69, 9.17) is 16.6 Å². The summed E-state index contributed by atoms with van der Waals surface area (Å²) in [5, 5.41) is 11.7. The molecule has 0 unspecified atom stereocenters. The minimum absolute atomic E-state index is 0.00647. The SMILES string of the molecule is CCC(CC)c1ccc(Cl)c2nc3n(c12)CCN3c1ncc([N+](=O)[O-])cc1C. The Bertz CT molecular complexity index is 1070. The van der Waals surface area contributed by atoms with Gasteiger partial charge in [0, 0.05) is 19.2 Å². The van der Waals surface area contributed by atoms with Gasteiger partial charge in [0.1, 0.15) is 17.5 Å². The van der Waals surface area contributed by atoms with Crippen molar-refractivity contribution in [1.82, 2.24) is 14.5 Å². The fourth-order valence-corrected chi connectivity index (χ4v) is 4.33. The van der Waals surface area contributed by atoms with Crippen molar-refractivity contribution in [3.05, 3.63) is 50.7 Å². The molecule has 1 aromatic carbocycles. The van der Waals surface area contributed by atoms with E-state index in [9.17, 15) is 10.1 Å². The quantitative estimate of drug-likeness (QED) is 0.426. The van der Waals surface area contributed by atoms with Crippen molar-refractivity contribution in [2.24, 2.45) is 0 Å². The highest BCUT2D eigenvalue weighted by Crippen LogP contribution is 2.40. The minimum Gasteiger partial charge on any atom is -0.308 e. The Morgan fingerprint density at radius 2 is 2.04 bits per heavy atom. The van der Waals surface area contributed by atoms with Gasteiger partial charge in [-0.15, -0.1) is 0 Å². The summed E-state index contributed by atoms with van der Waals surface area (Å²) >= 11 is 6.48. The Balaban J connectivity index is 1.86. The molecule has 4 rings (SSSR count).